The Labute approximate surface area is 86.0 Å². The third-order valence-corrected chi connectivity index (χ3v) is 2.19. The van der Waals surface area contributed by atoms with Crippen molar-refractivity contribution in [2.45, 2.75) is 45.1 Å². The number of unbranched alkanes of at least 4 members (excludes halogenated alkanes) is 1. The lowest BCUT2D eigenvalue weighted by Crippen LogP contribution is -2.49. The summed E-state index contributed by atoms with van der Waals surface area (Å²) in [7, 11) is 0. The van der Waals surface area contributed by atoms with Gasteiger partial charge in [0.1, 0.15) is 0 Å². The molecule has 0 aliphatic carbocycles. The third-order valence-electron chi connectivity index (χ3n) is 2.19. The van der Waals surface area contributed by atoms with Crippen molar-refractivity contribution in [2.24, 2.45) is 11.5 Å². The molecule has 0 bridgehead atoms. The predicted octanol–water partition coefficient (Wildman–Crippen LogP) is 0.786. The summed E-state index contributed by atoms with van der Waals surface area (Å²) in [4.78, 5) is 10.8. The molecule has 0 aliphatic rings. The first kappa shape index (κ1) is 13.4. The number of amides is 1. The third kappa shape index (κ3) is 5.94. The van der Waals surface area contributed by atoms with Gasteiger partial charge in [0, 0.05) is 13.2 Å². The number of carbonyl (C=O) groups excluding carboxylic acids is 1. The molecule has 4 nitrogen and oxygen atoms in total. The van der Waals surface area contributed by atoms with Crippen LogP contribution < -0.4 is 11.5 Å². The van der Waals surface area contributed by atoms with Crippen molar-refractivity contribution in [3.63, 3.8) is 0 Å². The summed E-state index contributed by atoms with van der Waals surface area (Å²) in [5, 5.41) is 0. The molecule has 0 heterocycles. The molecule has 0 aromatic heterocycles. The summed E-state index contributed by atoms with van der Waals surface area (Å²) >= 11 is 0. The quantitative estimate of drug-likeness (QED) is 0.571. The first-order chi connectivity index (χ1) is 6.50. The zero-order valence-electron chi connectivity index (χ0n) is 9.21. The van der Waals surface area contributed by atoms with E-state index in [4.69, 9.17) is 16.2 Å². The standard InChI is InChI=1S/C10H22N2O2/c1-3-4-7-14-8-5-6-10(2,12)9(11)13/h3-8,12H2,1-2H3,(H2,11,13). The molecule has 0 aromatic rings. The number of hydrogen-bond acceptors (Lipinski definition) is 3. The minimum absolute atomic E-state index is 0.453. The van der Waals surface area contributed by atoms with Crippen LogP contribution in [0.15, 0.2) is 0 Å². The number of rotatable bonds is 8. The maximum atomic E-state index is 10.8. The minimum atomic E-state index is -0.895. The van der Waals surface area contributed by atoms with Crippen LogP contribution in [0.1, 0.15) is 39.5 Å². The first-order valence-corrected chi connectivity index (χ1v) is 5.17. The van der Waals surface area contributed by atoms with E-state index in [9.17, 15) is 4.79 Å². The molecule has 0 saturated heterocycles. The van der Waals surface area contributed by atoms with Crippen LogP contribution in [0.25, 0.3) is 0 Å². The highest BCUT2D eigenvalue weighted by Crippen LogP contribution is 2.07. The first-order valence-electron chi connectivity index (χ1n) is 5.17. The second-order valence-electron chi connectivity index (χ2n) is 3.85. The fourth-order valence-electron chi connectivity index (χ4n) is 1.01. The Morgan fingerprint density at radius 2 is 1.93 bits per heavy atom. The molecule has 1 amide bonds. The number of hydrogen-bond donors (Lipinski definition) is 2. The van der Waals surface area contributed by atoms with Crippen LogP contribution in [0.4, 0.5) is 0 Å². The van der Waals surface area contributed by atoms with E-state index in [2.05, 4.69) is 6.92 Å². The predicted molar refractivity (Wildman–Crippen MR) is 56.7 cm³/mol. The van der Waals surface area contributed by atoms with Gasteiger partial charge in [-0.15, -0.1) is 0 Å². The molecule has 0 fully saturated rings. The SMILES string of the molecule is CCCCOCCCC(C)(N)C(N)=O. The van der Waals surface area contributed by atoms with Crippen LogP contribution in [-0.2, 0) is 9.53 Å². The van der Waals surface area contributed by atoms with E-state index < -0.39 is 11.4 Å². The lowest BCUT2D eigenvalue weighted by Gasteiger charge is -2.19. The minimum Gasteiger partial charge on any atom is -0.381 e. The van der Waals surface area contributed by atoms with E-state index in [1.165, 1.54) is 0 Å². The van der Waals surface area contributed by atoms with Crippen molar-refractivity contribution in [1.29, 1.82) is 0 Å². The smallest absolute Gasteiger partial charge is 0.237 e. The van der Waals surface area contributed by atoms with E-state index in [1.54, 1.807) is 6.92 Å². The van der Waals surface area contributed by atoms with Crippen LogP contribution in [0.3, 0.4) is 0 Å². The summed E-state index contributed by atoms with van der Waals surface area (Å²) in [5.41, 5.74) is 9.90. The van der Waals surface area contributed by atoms with Crippen molar-refractivity contribution in [2.75, 3.05) is 13.2 Å². The van der Waals surface area contributed by atoms with Gasteiger partial charge in [-0.25, -0.2) is 0 Å². The van der Waals surface area contributed by atoms with Gasteiger partial charge in [0.2, 0.25) is 5.91 Å². The second-order valence-corrected chi connectivity index (χ2v) is 3.85. The highest BCUT2D eigenvalue weighted by atomic mass is 16.5. The van der Waals surface area contributed by atoms with Gasteiger partial charge in [-0.05, 0) is 26.2 Å². The maximum absolute atomic E-state index is 10.8. The molecule has 1 unspecified atom stereocenters. The largest absolute Gasteiger partial charge is 0.381 e. The summed E-state index contributed by atoms with van der Waals surface area (Å²) in [6.07, 6.45) is 3.57. The van der Waals surface area contributed by atoms with Crippen molar-refractivity contribution < 1.29 is 9.53 Å². The van der Waals surface area contributed by atoms with Gasteiger partial charge in [0.05, 0.1) is 5.54 Å². The Kier molecular flexibility index (Phi) is 6.49. The van der Waals surface area contributed by atoms with Crippen LogP contribution in [0.2, 0.25) is 0 Å². The van der Waals surface area contributed by atoms with Gasteiger partial charge in [-0.3, -0.25) is 4.79 Å². The van der Waals surface area contributed by atoms with Crippen LogP contribution in [-0.4, -0.2) is 24.7 Å². The monoisotopic (exact) mass is 202 g/mol. The lowest BCUT2D eigenvalue weighted by molar-refractivity contribution is -0.122. The van der Waals surface area contributed by atoms with Crippen LogP contribution in [0, 0.1) is 0 Å². The Morgan fingerprint density at radius 1 is 1.36 bits per heavy atom. The Balaban J connectivity index is 3.40. The van der Waals surface area contributed by atoms with Crippen molar-refractivity contribution in [3.8, 4) is 0 Å². The van der Waals surface area contributed by atoms with Crippen LogP contribution >= 0.6 is 0 Å². The van der Waals surface area contributed by atoms with E-state index in [1.807, 2.05) is 0 Å². The molecule has 1 atom stereocenters. The molecule has 4 heteroatoms. The van der Waals surface area contributed by atoms with Crippen molar-refractivity contribution in [1.82, 2.24) is 0 Å². The highest BCUT2D eigenvalue weighted by Gasteiger charge is 2.24. The van der Waals surface area contributed by atoms with Gasteiger partial charge >= 0.3 is 0 Å². The van der Waals surface area contributed by atoms with E-state index in [0.717, 1.165) is 25.9 Å². The van der Waals surface area contributed by atoms with Crippen LogP contribution in [0.5, 0.6) is 0 Å². The molecular formula is C10H22N2O2. The molecule has 0 saturated carbocycles. The number of carbonyl (C=O) groups is 1. The zero-order chi connectivity index (χ0) is 11.0. The van der Waals surface area contributed by atoms with Gasteiger partial charge in [-0.2, -0.15) is 0 Å². The van der Waals surface area contributed by atoms with E-state index in [0.29, 0.717) is 13.0 Å². The van der Waals surface area contributed by atoms with Gasteiger partial charge in [0.25, 0.3) is 0 Å². The fourth-order valence-corrected chi connectivity index (χ4v) is 1.01. The van der Waals surface area contributed by atoms with E-state index in [-0.39, 0.29) is 0 Å². The maximum Gasteiger partial charge on any atom is 0.237 e. The molecule has 14 heavy (non-hydrogen) atoms. The average molecular weight is 202 g/mol. The number of ether oxygens (including phenoxy) is 1. The van der Waals surface area contributed by atoms with Crippen molar-refractivity contribution in [3.05, 3.63) is 0 Å². The topological polar surface area (TPSA) is 78.3 Å². The molecule has 0 aromatic carbocycles. The Bertz CT molecular complexity index is 170. The molecule has 0 aliphatic heterocycles. The zero-order valence-corrected chi connectivity index (χ0v) is 9.21. The Hall–Kier alpha value is -0.610. The second kappa shape index (κ2) is 6.79. The molecule has 0 rings (SSSR count). The summed E-state index contributed by atoms with van der Waals surface area (Å²) < 4.78 is 5.34. The summed E-state index contributed by atoms with van der Waals surface area (Å²) in [6, 6.07) is 0. The average Bonchev–Trinajstić information content (AvgIpc) is 2.10. The van der Waals surface area contributed by atoms with Crippen molar-refractivity contribution >= 4 is 5.91 Å². The fraction of sp³-hybridized carbons (Fsp3) is 0.900. The van der Waals surface area contributed by atoms with Gasteiger partial charge < -0.3 is 16.2 Å². The highest BCUT2D eigenvalue weighted by molar-refractivity contribution is 5.83. The molecular weight excluding hydrogens is 180 g/mol. The van der Waals surface area contributed by atoms with Gasteiger partial charge in [0.15, 0.2) is 0 Å². The summed E-state index contributed by atoms with van der Waals surface area (Å²) in [5.74, 6) is -0.453. The molecule has 4 N–H and O–H groups in total. The molecule has 0 spiro atoms. The normalized spacial score (nSPS) is 15.1. The number of primary amides is 1. The molecule has 84 valence electrons. The van der Waals surface area contributed by atoms with E-state index >= 15 is 0 Å². The number of nitrogens with two attached hydrogens (primary N) is 2. The molecule has 0 radical (unpaired) electrons. The van der Waals surface area contributed by atoms with Gasteiger partial charge in [-0.1, -0.05) is 13.3 Å². The summed E-state index contributed by atoms with van der Waals surface area (Å²) in [6.45, 7) is 5.21. The lowest BCUT2D eigenvalue weighted by atomic mass is 9.97. The Morgan fingerprint density at radius 3 is 2.43 bits per heavy atom.